The van der Waals surface area contributed by atoms with Crippen LogP contribution in [0.3, 0.4) is 0 Å². The van der Waals surface area contributed by atoms with E-state index < -0.39 is 0 Å². The van der Waals surface area contributed by atoms with Gasteiger partial charge in [-0.15, -0.1) is 0 Å². The molecule has 1 aromatic carbocycles. The first-order valence-corrected chi connectivity index (χ1v) is 5.57. The molecule has 17 heavy (non-hydrogen) atoms. The molecule has 0 atom stereocenters. The molecule has 1 aromatic rings. The summed E-state index contributed by atoms with van der Waals surface area (Å²) in [7, 11) is 3.04. The van der Waals surface area contributed by atoms with Crippen molar-refractivity contribution in [2.45, 2.75) is 26.6 Å². The molecule has 0 aliphatic heterocycles. The van der Waals surface area contributed by atoms with Gasteiger partial charge in [-0.3, -0.25) is 9.63 Å². The number of hydrogen-bond donors (Lipinski definition) is 0. The van der Waals surface area contributed by atoms with Gasteiger partial charge in [0.15, 0.2) is 0 Å². The van der Waals surface area contributed by atoms with Crippen LogP contribution >= 0.6 is 0 Å². The lowest BCUT2D eigenvalue weighted by Crippen LogP contribution is -2.25. The second kappa shape index (κ2) is 6.37. The summed E-state index contributed by atoms with van der Waals surface area (Å²) < 4.78 is 5.48. The largest absolute Gasteiger partial charge is 0.374 e. The number of carbonyl (C=O) groups excluding carboxylic acids is 1. The first kappa shape index (κ1) is 13.7. The average molecular weight is 237 g/mol. The van der Waals surface area contributed by atoms with Gasteiger partial charge in [0.1, 0.15) is 0 Å². The van der Waals surface area contributed by atoms with Crippen LogP contribution in [0.1, 0.15) is 29.8 Å². The SMILES string of the molecule is CON(C)C(=O)c1ccc(COC(C)C)cc1. The first-order chi connectivity index (χ1) is 8.04. The van der Waals surface area contributed by atoms with Crippen LogP contribution in [0.4, 0.5) is 0 Å². The van der Waals surface area contributed by atoms with Crippen LogP contribution in [0.2, 0.25) is 0 Å². The maximum Gasteiger partial charge on any atom is 0.277 e. The minimum absolute atomic E-state index is 0.163. The topological polar surface area (TPSA) is 38.8 Å². The van der Waals surface area contributed by atoms with Gasteiger partial charge in [-0.1, -0.05) is 12.1 Å². The number of amides is 1. The zero-order valence-corrected chi connectivity index (χ0v) is 10.8. The Morgan fingerprint density at radius 3 is 2.35 bits per heavy atom. The van der Waals surface area contributed by atoms with Gasteiger partial charge in [0, 0.05) is 12.6 Å². The summed E-state index contributed by atoms with van der Waals surface area (Å²) in [5.74, 6) is -0.163. The number of hydroxylamine groups is 2. The summed E-state index contributed by atoms with van der Waals surface area (Å²) in [4.78, 5) is 16.6. The van der Waals surface area contributed by atoms with E-state index in [-0.39, 0.29) is 12.0 Å². The predicted octanol–water partition coefficient (Wildman–Crippen LogP) is 2.25. The van der Waals surface area contributed by atoms with E-state index in [1.54, 1.807) is 19.2 Å². The Hall–Kier alpha value is -1.39. The highest BCUT2D eigenvalue weighted by atomic mass is 16.7. The molecule has 0 N–H and O–H groups in total. The van der Waals surface area contributed by atoms with Crippen LogP contribution in [0.5, 0.6) is 0 Å². The molecule has 0 heterocycles. The fourth-order valence-corrected chi connectivity index (χ4v) is 1.27. The Balaban J connectivity index is 2.64. The van der Waals surface area contributed by atoms with Gasteiger partial charge in [-0.25, -0.2) is 5.06 Å². The molecule has 0 saturated heterocycles. The van der Waals surface area contributed by atoms with E-state index in [0.717, 1.165) is 5.56 Å². The summed E-state index contributed by atoms with van der Waals surface area (Å²) in [6, 6.07) is 7.33. The second-order valence-corrected chi connectivity index (χ2v) is 4.04. The highest BCUT2D eigenvalue weighted by Crippen LogP contribution is 2.09. The summed E-state index contributed by atoms with van der Waals surface area (Å²) >= 11 is 0. The third-order valence-electron chi connectivity index (χ3n) is 2.34. The molecular weight excluding hydrogens is 218 g/mol. The molecule has 0 bridgehead atoms. The van der Waals surface area contributed by atoms with Crippen molar-refractivity contribution >= 4 is 5.91 Å². The molecule has 1 rings (SSSR count). The third kappa shape index (κ3) is 4.17. The number of carbonyl (C=O) groups is 1. The molecular formula is C13H19NO3. The molecule has 1 amide bonds. The number of rotatable bonds is 5. The van der Waals surface area contributed by atoms with Crippen LogP contribution in [0, 0.1) is 0 Å². The van der Waals surface area contributed by atoms with E-state index in [4.69, 9.17) is 9.57 Å². The van der Waals surface area contributed by atoms with Crippen molar-refractivity contribution in [3.63, 3.8) is 0 Å². The van der Waals surface area contributed by atoms with Crippen LogP contribution in [0.25, 0.3) is 0 Å². The summed E-state index contributed by atoms with van der Waals surface area (Å²) in [5, 5.41) is 1.19. The van der Waals surface area contributed by atoms with Crippen molar-refractivity contribution in [1.29, 1.82) is 0 Å². The summed E-state index contributed by atoms with van der Waals surface area (Å²) in [6.45, 7) is 4.54. The van der Waals surface area contributed by atoms with Crippen molar-refractivity contribution < 1.29 is 14.4 Å². The average Bonchev–Trinajstić information content (AvgIpc) is 2.35. The second-order valence-electron chi connectivity index (χ2n) is 4.04. The van der Waals surface area contributed by atoms with E-state index in [2.05, 4.69) is 0 Å². The molecule has 4 heteroatoms. The van der Waals surface area contributed by atoms with Crippen LogP contribution in [0.15, 0.2) is 24.3 Å². The number of nitrogens with zero attached hydrogens (tertiary/aromatic N) is 1. The van der Waals surface area contributed by atoms with E-state index in [0.29, 0.717) is 12.2 Å². The minimum atomic E-state index is -0.163. The standard InChI is InChI=1S/C13H19NO3/c1-10(2)17-9-11-5-7-12(8-6-11)13(15)14(3)16-4/h5-8,10H,9H2,1-4H3. The Bertz CT molecular complexity index is 359. The van der Waals surface area contributed by atoms with Crippen molar-refractivity contribution in [3.8, 4) is 0 Å². The molecule has 0 aromatic heterocycles. The van der Waals surface area contributed by atoms with Gasteiger partial charge < -0.3 is 4.74 Å². The van der Waals surface area contributed by atoms with Crippen molar-refractivity contribution in [2.24, 2.45) is 0 Å². The number of ether oxygens (including phenoxy) is 1. The Kier molecular flexibility index (Phi) is 5.12. The van der Waals surface area contributed by atoms with Crippen molar-refractivity contribution in [2.75, 3.05) is 14.2 Å². The van der Waals surface area contributed by atoms with Gasteiger partial charge in [0.25, 0.3) is 5.91 Å². The predicted molar refractivity (Wildman–Crippen MR) is 65.5 cm³/mol. The molecule has 0 unspecified atom stereocenters. The third-order valence-corrected chi connectivity index (χ3v) is 2.34. The maximum atomic E-state index is 11.7. The summed E-state index contributed by atoms with van der Waals surface area (Å²) in [5.41, 5.74) is 1.65. The molecule has 0 spiro atoms. The normalized spacial score (nSPS) is 10.6. The zero-order chi connectivity index (χ0) is 12.8. The van der Waals surface area contributed by atoms with Crippen molar-refractivity contribution in [1.82, 2.24) is 5.06 Å². The molecule has 0 aliphatic carbocycles. The quantitative estimate of drug-likeness (QED) is 0.737. The Labute approximate surface area is 102 Å². The van der Waals surface area contributed by atoms with Crippen LogP contribution in [-0.2, 0) is 16.2 Å². The minimum Gasteiger partial charge on any atom is -0.374 e. The van der Waals surface area contributed by atoms with E-state index in [9.17, 15) is 4.79 Å². The van der Waals surface area contributed by atoms with Gasteiger partial charge >= 0.3 is 0 Å². The van der Waals surface area contributed by atoms with Crippen molar-refractivity contribution in [3.05, 3.63) is 35.4 Å². The number of hydrogen-bond acceptors (Lipinski definition) is 3. The van der Waals surface area contributed by atoms with Gasteiger partial charge in [-0.2, -0.15) is 0 Å². The van der Waals surface area contributed by atoms with E-state index in [1.165, 1.54) is 12.2 Å². The fourth-order valence-electron chi connectivity index (χ4n) is 1.27. The smallest absolute Gasteiger partial charge is 0.277 e. The molecule has 4 nitrogen and oxygen atoms in total. The monoisotopic (exact) mass is 237 g/mol. The Morgan fingerprint density at radius 2 is 1.88 bits per heavy atom. The maximum absolute atomic E-state index is 11.7. The van der Waals surface area contributed by atoms with Crippen LogP contribution < -0.4 is 0 Å². The zero-order valence-electron chi connectivity index (χ0n) is 10.8. The molecule has 0 aliphatic rings. The lowest BCUT2D eigenvalue weighted by Gasteiger charge is -2.14. The molecule has 0 fully saturated rings. The molecule has 0 saturated carbocycles. The molecule has 94 valence electrons. The lowest BCUT2D eigenvalue weighted by molar-refractivity contribution is -0.0757. The van der Waals surface area contributed by atoms with Gasteiger partial charge in [-0.05, 0) is 31.5 Å². The number of benzene rings is 1. The highest BCUT2D eigenvalue weighted by Gasteiger charge is 2.10. The van der Waals surface area contributed by atoms with Gasteiger partial charge in [0.2, 0.25) is 0 Å². The van der Waals surface area contributed by atoms with Gasteiger partial charge in [0.05, 0.1) is 19.8 Å². The summed E-state index contributed by atoms with van der Waals surface area (Å²) in [6.07, 6.45) is 0.205. The highest BCUT2D eigenvalue weighted by molar-refractivity contribution is 5.93. The molecule has 0 radical (unpaired) electrons. The Morgan fingerprint density at radius 1 is 1.29 bits per heavy atom. The van der Waals surface area contributed by atoms with E-state index in [1.807, 2.05) is 26.0 Å². The lowest BCUT2D eigenvalue weighted by atomic mass is 10.1. The fraction of sp³-hybridized carbons (Fsp3) is 0.462. The van der Waals surface area contributed by atoms with Crippen LogP contribution in [-0.4, -0.2) is 31.2 Å². The van der Waals surface area contributed by atoms with E-state index >= 15 is 0 Å². The first-order valence-electron chi connectivity index (χ1n) is 5.57.